The van der Waals surface area contributed by atoms with Gasteiger partial charge in [-0.3, -0.25) is 0 Å². The van der Waals surface area contributed by atoms with Gasteiger partial charge in [0.05, 0.1) is 11.1 Å². The molecule has 1 heterocycles. The zero-order valence-corrected chi connectivity index (χ0v) is 32.9. The van der Waals surface area contributed by atoms with Crippen molar-refractivity contribution in [3.05, 3.63) is 237 Å². The second kappa shape index (κ2) is 15.1. The first-order valence-electron chi connectivity index (χ1n) is 20.5. The Balaban J connectivity index is 1.01. The monoisotopic (exact) mass is 765 g/mol. The molecule has 0 unspecified atom stereocenters. The first kappa shape index (κ1) is 35.2. The number of anilines is 3. The molecule has 0 N–H and O–H groups in total. The molecule has 0 bridgehead atoms. The number of fused-ring (bicyclic) bond motifs is 4. The molecule has 0 aliphatic rings. The lowest BCUT2D eigenvalue weighted by Gasteiger charge is -2.26. The molecular formula is C58H39NO. The molecule has 0 spiro atoms. The molecule has 0 saturated heterocycles. The largest absolute Gasteiger partial charge is 0.456 e. The molecule has 0 atom stereocenters. The van der Waals surface area contributed by atoms with Gasteiger partial charge in [-0.2, -0.15) is 0 Å². The van der Waals surface area contributed by atoms with Crippen LogP contribution in [0.1, 0.15) is 0 Å². The van der Waals surface area contributed by atoms with Gasteiger partial charge in [0.25, 0.3) is 0 Å². The maximum absolute atomic E-state index is 6.41. The molecule has 1 aromatic heterocycles. The van der Waals surface area contributed by atoms with Crippen LogP contribution in [0.25, 0.3) is 88.3 Å². The van der Waals surface area contributed by atoms with Gasteiger partial charge in [-0.05, 0) is 133 Å². The van der Waals surface area contributed by atoms with Gasteiger partial charge in [-0.25, -0.2) is 0 Å². The van der Waals surface area contributed by atoms with Crippen molar-refractivity contribution in [2.24, 2.45) is 0 Å². The Morgan fingerprint density at radius 2 is 0.733 bits per heavy atom. The summed E-state index contributed by atoms with van der Waals surface area (Å²) in [5.41, 5.74) is 16.8. The highest BCUT2D eigenvalue weighted by atomic mass is 16.3. The number of hydrogen-bond donors (Lipinski definition) is 0. The number of para-hydroxylation sites is 1. The third-order valence-electron chi connectivity index (χ3n) is 11.6. The van der Waals surface area contributed by atoms with Gasteiger partial charge in [0.2, 0.25) is 0 Å². The Kier molecular flexibility index (Phi) is 8.87. The van der Waals surface area contributed by atoms with Gasteiger partial charge in [0.1, 0.15) is 11.2 Å². The fraction of sp³-hybridized carbons (Fsp3) is 0. The maximum Gasteiger partial charge on any atom is 0.137 e. The van der Waals surface area contributed by atoms with Crippen LogP contribution in [0.3, 0.4) is 0 Å². The minimum atomic E-state index is 0.864. The third-order valence-corrected chi connectivity index (χ3v) is 11.6. The quantitative estimate of drug-likeness (QED) is 0.153. The summed E-state index contributed by atoms with van der Waals surface area (Å²) in [6, 6.07) is 84.9. The first-order valence-corrected chi connectivity index (χ1v) is 20.5. The fourth-order valence-electron chi connectivity index (χ4n) is 8.71. The molecule has 2 nitrogen and oxygen atoms in total. The number of nitrogens with zero attached hydrogens (tertiary/aromatic N) is 1. The van der Waals surface area contributed by atoms with E-state index < -0.39 is 0 Å². The molecule has 11 aromatic rings. The van der Waals surface area contributed by atoms with Crippen LogP contribution in [0.4, 0.5) is 17.1 Å². The summed E-state index contributed by atoms with van der Waals surface area (Å²) in [7, 11) is 0. The number of furan rings is 1. The van der Waals surface area contributed by atoms with Crippen LogP contribution >= 0.6 is 0 Å². The molecule has 0 amide bonds. The van der Waals surface area contributed by atoms with Crippen LogP contribution in [0.5, 0.6) is 0 Å². The number of hydrogen-bond acceptors (Lipinski definition) is 2. The normalized spacial score (nSPS) is 11.3. The molecule has 0 aliphatic carbocycles. The van der Waals surface area contributed by atoms with Crippen molar-refractivity contribution in [2.45, 2.75) is 0 Å². The second-order valence-corrected chi connectivity index (χ2v) is 15.3. The Morgan fingerprint density at radius 1 is 0.283 bits per heavy atom. The van der Waals surface area contributed by atoms with E-state index in [1.807, 2.05) is 12.1 Å². The summed E-state index contributed by atoms with van der Waals surface area (Å²) in [6.45, 7) is 0. The molecule has 2 heteroatoms. The van der Waals surface area contributed by atoms with Gasteiger partial charge in [0, 0.05) is 16.8 Å². The van der Waals surface area contributed by atoms with Crippen molar-refractivity contribution in [1.82, 2.24) is 0 Å². The van der Waals surface area contributed by atoms with Crippen molar-refractivity contribution in [2.75, 3.05) is 4.90 Å². The Morgan fingerprint density at radius 3 is 1.40 bits per heavy atom. The molecule has 0 aliphatic heterocycles. The van der Waals surface area contributed by atoms with Gasteiger partial charge in [0.15, 0.2) is 0 Å². The van der Waals surface area contributed by atoms with E-state index in [2.05, 4.69) is 229 Å². The molecule has 0 saturated carbocycles. The smallest absolute Gasteiger partial charge is 0.137 e. The summed E-state index contributed by atoms with van der Waals surface area (Å²) in [5.74, 6) is 0. The van der Waals surface area contributed by atoms with Crippen LogP contribution in [0.15, 0.2) is 241 Å². The lowest BCUT2D eigenvalue weighted by molar-refractivity contribution is 0.669. The summed E-state index contributed by atoms with van der Waals surface area (Å²) in [6.07, 6.45) is 0. The van der Waals surface area contributed by atoms with Crippen molar-refractivity contribution in [1.29, 1.82) is 0 Å². The van der Waals surface area contributed by atoms with Gasteiger partial charge in [-0.1, -0.05) is 170 Å². The molecule has 10 aromatic carbocycles. The molecule has 11 rings (SSSR count). The highest BCUT2D eigenvalue weighted by molar-refractivity contribution is 6.13. The van der Waals surface area contributed by atoms with Gasteiger partial charge in [-0.15, -0.1) is 0 Å². The van der Waals surface area contributed by atoms with E-state index in [1.165, 1.54) is 55.3 Å². The zero-order valence-electron chi connectivity index (χ0n) is 32.9. The Labute approximate surface area is 349 Å². The third kappa shape index (κ3) is 6.51. The van der Waals surface area contributed by atoms with Crippen molar-refractivity contribution in [3.63, 3.8) is 0 Å². The van der Waals surface area contributed by atoms with E-state index >= 15 is 0 Å². The van der Waals surface area contributed by atoms with E-state index in [4.69, 9.17) is 4.42 Å². The van der Waals surface area contributed by atoms with E-state index in [0.717, 1.165) is 50.1 Å². The van der Waals surface area contributed by atoms with E-state index in [1.54, 1.807) is 0 Å². The predicted molar refractivity (Wildman–Crippen MR) is 253 cm³/mol. The van der Waals surface area contributed by atoms with Crippen LogP contribution in [-0.2, 0) is 0 Å². The number of benzene rings is 10. The van der Waals surface area contributed by atoms with Crippen LogP contribution in [0.2, 0.25) is 0 Å². The number of rotatable bonds is 8. The van der Waals surface area contributed by atoms with Gasteiger partial charge >= 0.3 is 0 Å². The average Bonchev–Trinajstić information content (AvgIpc) is 3.72. The summed E-state index contributed by atoms with van der Waals surface area (Å²) >= 11 is 0. The maximum atomic E-state index is 6.41. The lowest BCUT2D eigenvalue weighted by Crippen LogP contribution is -2.10. The van der Waals surface area contributed by atoms with E-state index in [-0.39, 0.29) is 0 Å². The lowest BCUT2D eigenvalue weighted by atomic mass is 9.93. The summed E-state index contributed by atoms with van der Waals surface area (Å²) in [4.78, 5) is 2.36. The van der Waals surface area contributed by atoms with Crippen LogP contribution in [0, 0.1) is 0 Å². The molecule has 0 radical (unpaired) electrons. The Bertz CT molecular complexity index is 3230. The second-order valence-electron chi connectivity index (χ2n) is 15.3. The minimum Gasteiger partial charge on any atom is -0.456 e. The molecule has 282 valence electrons. The topological polar surface area (TPSA) is 16.4 Å². The Hall–Kier alpha value is -7.94. The SMILES string of the molecule is c1ccc(-c2cc(-c3ccccc3)cc(-c3ccc(N(c4ccc(-c5cccc(-c6cccc7ccccc67)c5)cc4)c4cccc5oc6ccccc6c45)cc3)c2)cc1. The summed E-state index contributed by atoms with van der Waals surface area (Å²) < 4.78 is 6.41. The van der Waals surface area contributed by atoms with Crippen LogP contribution in [-0.4, -0.2) is 0 Å². The van der Waals surface area contributed by atoms with Crippen molar-refractivity contribution in [3.8, 4) is 55.6 Å². The van der Waals surface area contributed by atoms with Crippen LogP contribution < -0.4 is 4.90 Å². The minimum absolute atomic E-state index is 0.864. The van der Waals surface area contributed by atoms with Gasteiger partial charge < -0.3 is 9.32 Å². The van der Waals surface area contributed by atoms with E-state index in [0.29, 0.717) is 0 Å². The van der Waals surface area contributed by atoms with Crippen molar-refractivity contribution < 1.29 is 4.42 Å². The average molecular weight is 766 g/mol. The first-order chi connectivity index (χ1) is 29.7. The summed E-state index contributed by atoms with van der Waals surface area (Å²) in [5, 5.41) is 4.69. The highest BCUT2D eigenvalue weighted by Gasteiger charge is 2.20. The van der Waals surface area contributed by atoms with Crippen molar-refractivity contribution >= 4 is 49.8 Å². The standard InChI is InChI=1S/C58H39NO/c1-3-14-40(15-4-1)47-37-48(41-16-5-2-6-17-41)39-49(38-47)43-30-34-51(35-31-43)59(55-25-13-27-57-58(55)54-23-9-10-26-56(54)60-57)50-32-28-42(29-33-50)45-20-11-21-46(36-45)53-24-12-19-44-18-7-8-22-52(44)53/h1-39H. The molecular weight excluding hydrogens is 727 g/mol. The zero-order chi connectivity index (χ0) is 39.8. The highest BCUT2D eigenvalue weighted by Crippen LogP contribution is 2.44. The predicted octanol–water partition coefficient (Wildman–Crippen LogP) is 16.5. The van der Waals surface area contributed by atoms with E-state index in [9.17, 15) is 0 Å². The fourth-order valence-corrected chi connectivity index (χ4v) is 8.71. The molecule has 0 fully saturated rings. The molecule has 60 heavy (non-hydrogen) atoms.